The summed E-state index contributed by atoms with van der Waals surface area (Å²) < 4.78 is 19.6. The highest BCUT2D eigenvalue weighted by atomic mass is 32.1. The SMILES string of the molecule is O=C(Nc1nnc(COc2ccccc2)s1)[C@H]1CC(=O)N(c2ccccc2F)C1. The number of anilines is 2. The molecule has 3 aromatic rings. The van der Waals surface area contributed by atoms with Crippen LogP contribution in [-0.4, -0.2) is 28.6 Å². The van der Waals surface area contributed by atoms with Crippen LogP contribution in [0.4, 0.5) is 15.2 Å². The van der Waals surface area contributed by atoms with Crippen molar-refractivity contribution in [1.29, 1.82) is 0 Å². The van der Waals surface area contributed by atoms with Gasteiger partial charge in [0.15, 0.2) is 5.01 Å². The molecule has 1 saturated heterocycles. The lowest BCUT2D eigenvalue weighted by atomic mass is 10.1. The third kappa shape index (κ3) is 4.40. The second-order valence-electron chi connectivity index (χ2n) is 6.45. The highest BCUT2D eigenvalue weighted by Gasteiger charge is 2.36. The lowest BCUT2D eigenvalue weighted by Gasteiger charge is -2.17. The molecule has 29 heavy (non-hydrogen) atoms. The van der Waals surface area contributed by atoms with Crippen molar-refractivity contribution in [3.8, 4) is 5.75 Å². The van der Waals surface area contributed by atoms with Crippen molar-refractivity contribution < 1.29 is 18.7 Å². The minimum atomic E-state index is -0.588. The summed E-state index contributed by atoms with van der Waals surface area (Å²) in [5.74, 6) is -0.997. The van der Waals surface area contributed by atoms with Gasteiger partial charge in [-0.25, -0.2) is 4.39 Å². The van der Waals surface area contributed by atoms with Crippen molar-refractivity contribution in [2.45, 2.75) is 13.0 Å². The van der Waals surface area contributed by atoms with E-state index in [1.165, 1.54) is 28.4 Å². The largest absolute Gasteiger partial charge is 0.486 e. The average molecular weight is 412 g/mol. The molecule has 0 saturated carbocycles. The maximum absolute atomic E-state index is 14.0. The summed E-state index contributed by atoms with van der Waals surface area (Å²) in [7, 11) is 0. The van der Waals surface area contributed by atoms with Crippen LogP contribution in [0.5, 0.6) is 5.75 Å². The number of nitrogens with one attached hydrogen (secondary N) is 1. The van der Waals surface area contributed by atoms with Crippen LogP contribution in [0.3, 0.4) is 0 Å². The third-order valence-corrected chi connectivity index (χ3v) is 5.25. The second-order valence-corrected chi connectivity index (χ2v) is 7.51. The van der Waals surface area contributed by atoms with Gasteiger partial charge in [-0.2, -0.15) is 0 Å². The van der Waals surface area contributed by atoms with Crippen molar-refractivity contribution >= 4 is 34.0 Å². The van der Waals surface area contributed by atoms with Gasteiger partial charge in [0.2, 0.25) is 16.9 Å². The van der Waals surface area contributed by atoms with Gasteiger partial charge in [-0.15, -0.1) is 10.2 Å². The van der Waals surface area contributed by atoms with E-state index >= 15 is 0 Å². The summed E-state index contributed by atoms with van der Waals surface area (Å²) in [6, 6.07) is 15.3. The van der Waals surface area contributed by atoms with E-state index in [2.05, 4.69) is 15.5 Å². The standard InChI is InChI=1S/C20H17FN4O3S/c21-15-8-4-5-9-16(15)25-11-13(10-18(25)26)19(27)22-20-24-23-17(29-20)12-28-14-6-2-1-3-7-14/h1-9,13H,10-12H2,(H,22,24,27)/t13-/m0/s1. The summed E-state index contributed by atoms with van der Waals surface area (Å²) in [5.41, 5.74) is 0.184. The predicted molar refractivity (Wildman–Crippen MR) is 106 cm³/mol. The molecule has 1 fully saturated rings. The van der Waals surface area contributed by atoms with Crippen LogP contribution in [0.1, 0.15) is 11.4 Å². The van der Waals surface area contributed by atoms with Crippen molar-refractivity contribution in [1.82, 2.24) is 10.2 Å². The number of benzene rings is 2. The summed E-state index contributed by atoms with van der Waals surface area (Å²) in [6.07, 6.45) is 0.0168. The molecule has 0 aliphatic carbocycles. The number of carbonyl (C=O) groups is 2. The van der Waals surface area contributed by atoms with Crippen molar-refractivity contribution in [2.75, 3.05) is 16.8 Å². The van der Waals surface area contributed by atoms with Gasteiger partial charge >= 0.3 is 0 Å². The Morgan fingerprint density at radius 1 is 1.17 bits per heavy atom. The van der Waals surface area contributed by atoms with Crippen LogP contribution in [0, 0.1) is 11.7 Å². The van der Waals surface area contributed by atoms with Crippen LogP contribution in [0.25, 0.3) is 0 Å². The number of hydrogen-bond acceptors (Lipinski definition) is 6. The monoisotopic (exact) mass is 412 g/mol. The van der Waals surface area contributed by atoms with Crippen LogP contribution < -0.4 is 15.0 Å². The van der Waals surface area contributed by atoms with Crippen molar-refractivity contribution in [3.05, 3.63) is 65.4 Å². The second kappa shape index (κ2) is 8.36. The van der Waals surface area contributed by atoms with E-state index < -0.39 is 11.7 Å². The summed E-state index contributed by atoms with van der Waals surface area (Å²) in [4.78, 5) is 26.1. The summed E-state index contributed by atoms with van der Waals surface area (Å²) >= 11 is 1.20. The average Bonchev–Trinajstić information content (AvgIpc) is 3.34. The van der Waals surface area contributed by atoms with Gasteiger partial charge < -0.3 is 15.0 Å². The predicted octanol–water partition coefficient (Wildman–Crippen LogP) is 3.25. The molecule has 148 valence electrons. The van der Waals surface area contributed by atoms with E-state index in [0.29, 0.717) is 15.9 Å². The van der Waals surface area contributed by atoms with Gasteiger partial charge in [-0.3, -0.25) is 9.59 Å². The molecule has 0 bridgehead atoms. The van der Waals surface area contributed by atoms with Crippen LogP contribution >= 0.6 is 11.3 Å². The van der Waals surface area contributed by atoms with E-state index in [0.717, 1.165) is 0 Å². The number of amides is 2. The molecule has 4 rings (SSSR count). The number of ether oxygens (including phenoxy) is 1. The Labute approximate surface area is 170 Å². The number of aromatic nitrogens is 2. The number of hydrogen-bond donors (Lipinski definition) is 1. The molecule has 7 nitrogen and oxygen atoms in total. The molecule has 1 aromatic heterocycles. The maximum Gasteiger partial charge on any atom is 0.231 e. The fraction of sp³-hybridized carbons (Fsp3) is 0.200. The first kappa shape index (κ1) is 19.0. The molecule has 9 heteroatoms. The van der Waals surface area contributed by atoms with Crippen molar-refractivity contribution in [3.63, 3.8) is 0 Å². The normalized spacial score (nSPS) is 16.1. The Bertz CT molecular complexity index is 1030. The van der Waals surface area contributed by atoms with Crippen LogP contribution in [-0.2, 0) is 16.2 Å². The molecule has 1 aliphatic rings. The van der Waals surface area contributed by atoms with E-state index in [-0.39, 0.29) is 37.1 Å². The summed E-state index contributed by atoms with van der Waals surface area (Å²) in [6.45, 7) is 0.356. The number of para-hydroxylation sites is 2. The van der Waals surface area contributed by atoms with Crippen LogP contribution in [0.2, 0.25) is 0 Å². The Balaban J connectivity index is 1.35. The topological polar surface area (TPSA) is 84.4 Å². The molecule has 2 aromatic carbocycles. The van der Waals surface area contributed by atoms with Gasteiger partial charge in [0, 0.05) is 13.0 Å². The number of nitrogens with zero attached hydrogens (tertiary/aromatic N) is 3. The lowest BCUT2D eigenvalue weighted by molar-refractivity contribution is -0.122. The zero-order valence-corrected chi connectivity index (χ0v) is 16.1. The number of halogens is 1. The molecule has 0 radical (unpaired) electrons. The highest BCUT2D eigenvalue weighted by molar-refractivity contribution is 7.15. The van der Waals surface area contributed by atoms with Gasteiger partial charge in [-0.1, -0.05) is 41.7 Å². The summed E-state index contributed by atoms with van der Waals surface area (Å²) in [5, 5.41) is 11.6. The highest BCUT2D eigenvalue weighted by Crippen LogP contribution is 2.28. The minimum Gasteiger partial charge on any atom is -0.486 e. The quantitative estimate of drug-likeness (QED) is 0.672. The number of carbonyl (C=O) groups excluding carboxylic acids is 2. The van der Waals surface area contributed by atoms with Gasteiger partial charge in [0.25, 0.3) is 0 Å². The van der Waals surface area contributed by atoms with E-state index in [1.54, 1.807) is 12.1 Å². The first-order chi connectivity index (χ1) is 14.1. The molecular formula is C20H17FN4O3S. The molecule has 1 atom stereocenters. The van der Waals surface area contributed by atoms with Crippen LogP contribution in [0.15, 0.2) is 54.6 Å². The van der Waals surface area contributed by atoms with E-state index in [4.69, 9.17) is 4.74 Å². The fourth-order valence-electron chi connectivity index (χ4n) is 3.02. The first-order valence-corrected chi connectivity index (χ1v) is 9.78. The number of rotatable bonds is 6. The Hall–Kier alpha value is -3.33. The Morgan fingerprint density at radius 2 is 1.93 bits per heavy atom. The molecule has 1 N–H and O–H groups in total. The zero-order valence-electron chi connectivity index (χ0n) is 15.2. The third-order valence-electron chi connectivity index (χ3n) is 4.44. The fourth-order valence-corrected chi connectivity index (χ4v) is 3.67. The van der Waals surface area contributed by atoms with E-state index in [9.17, 15) is 14.0 Å². The minimum absolute atomic E-state index is 0.0168. The van der Waals surface area contributed by atoms with Crippen molar-refractivity contribution in [2.24, 2.45) is 5.92 Å². The first-order valence-electron chi connectivity index (χ1n) is 8.96. The molecule has 2 heterocycles. The van der Waals surface area contributed by atoms with E-state index in [1.807, 2.05) is 30.3 Å². The molecule has 2 amide bonds. The molecule has 1 aliphatic heterocycles. The van der Waals surface area contributed by atoms with Gasteiger partial charge in [0.05, 0.1) is 11.6 Å². The smallest absolute Gasteiger partial charge is 0.231 e. The van der Waals surface area contributed by atoms with Gasteiger partial charge in [-0.05, 0) is 24.3 Å². The molecule has 0 spiro atoms. The molecule has 0 unspecified atom stereocenters. The Kier molecular flexibility index (Phi) is 5.48. The van der Waals surface area contributed by atoms with Gasteiger partial charge in [0.1, 0.15) is 18.2 Å². The zero-order chi connectivity index (χ0) is 20.2. The maximum atomic E-state index is 14.0. The lowest BCUT2D eigenvalue weighted by Crippen LogP contribution is -2.28. The Morgan fingerprint density at radius 3 is 2.72 bits per heavy atom. The molecular weight excluding hydrogens is 395 g/mol.